The molecule has 1 aromatic heterocycles. The number of sulfonamides is 1. The third-order valence-electron chi connectivity index (χ3n) is 6.63. The number of anilines is 2. The third kappa shape index (κ3) is 5.64. The lowest BCUT2D eigenvalue weighted by atomic mass is 10.1. The minimum Gasteiger partial charge on any atom is -0.497 e. The van der Waals surface area contributed by atoms with Crippen molar-refractivity contribution in [2.24, 2.45) is 0 Å². The maximum absolute atomic E-state index is 13.5. The Kier molecular flexibility index (Phi) is 7.75. The molecule has 2 saturated heterocycles. The molecule has 5 rings (SSSR count). The molecule has 0 radical (unpaired) electrons. The first-order chi connectivity index (χ1) is 18.0. The highest BCUT2D eigenvalue weighted by Crippen LogP contribution is 2.30. The van der Waals surface area contributed by atoms with Crippen molar-refractivity contribution in [1.29, 1.82) is 0 Å². The van der Waals surface area contributed by atoms with Crippen LogP contribution in [0.15, 0.2) is 52.7 Å². The number of piperidine rings is 1. The average Bonchev–Trinajstić information content (AvgIpc) is 3.42. The summed E-state index contributed by atoms with van der Waals surface area (Å²) in [7, 11) is -2.07. The van der Waals surface area contributed by atoms with E-state index in [-0.39, 0.29) is 4.90 Å². The van der Waals surface area contributed by atoms with E-state index in [1.165, 1.54) is 21.7 Å². The highest BCUT2D eigenvalue weighted by atomic mass is 32.2. The molecule has 9 nitrogen and oxygen atoms in total. The average molecular weight is 543 g/mol. The second kappa shape index (κ2) is 11.2. The van der Waals surface area contributed by atoms with Crippen molar-refractivity contribution in [3.8, 4) is 17.0 Å². The Hall–Kier alpha value is -2.99. The SMILES string of the molecule is COc1ccc(-c2csc(NC(=O)c3cc(S(=O)(=O)N4CCCCC4)ccc3N3CCOCC3)n2)cc1. The number of thiazole rings is 1. The van der Waals surface area contributed by atoms with Crippen LogP contribution in [0.2, 0.25) is 0 Å². The van der Waals surface area contributed by atoms with Crippen LogP contribution in [0, 0.1) is 0 Å². The van der Waals surface area contributed by atoms with Crippen LogP contribution in [-0.4, -0.2) is 70.1 Å². The molecule has 0 aliphatic carbocycles. The van der Waals surface area contributed by atoms with Gasteiger partial charge in [0.05, 0.1) is 36.5 Å². The highest BCUT2D eigenvalue weighted by Gasteiger charge is 2.29. The van der Waals surface area contributed by atoms with Crippen LogP contribution >= 0.6 is 11.3 Å². The molecule has 2 aliphatic heterocycles. The Morgan fingerprint density at radius 1 is 1.03 bits per heavy atom. The molecule has 196 valence electrons. The topological polar surface area (TPSA) is 101 Å². The van der Waals surface area contributed by atoms with Gasteiger partial charge in [-0.05, 0) is 55.3 Å². The zero-order valence-corrected chi connectivity index (χ0v) is 22.3. The lowest BCUT2D eigenvalue weighted by Crippen LogP contribution is -2.38. The van der Waals surface area contributed by atoms with E-state index >= 15 is 0 Å². The molecule has 11 heteroatoms. The Morgan fingerprint density at radius 3 is 2.46 bits per heavy atom. The van der Waals surface area contributed by atoms with Gasteiger partial charge in [0, 0.05) is 42.8 Å². The van der Waals surface area contributed by atoms with Gasteiger partial charge in [0.1, 0.15) is 5.75 Å². The summed E-state index contributed by atoms with van der Waals surface area (Å²) in [6, 6.07) is 12.4. The largest absolute Gasteiger partial charge is 0.497 e. The van der Waals surface area contributed by atoms with Crippen LogP contribution in [0.1, 0.15) is 29.6 Å². The molecule has 1 N–H and O–H groups in total. The molecule has 0 bridgehead atoms. The normalized spacial score (nSPS) is 16.9. The highest BCUT2D eigenvalue weighted by molar-refractivity contribution is 7.89. The quantitative estimate of drug-likeness (QED) is 0.480. The number of rotatable bonds is 7. The number of amides is 1. The van der Waals surface area contributed by atoms with Gasteiger partial charge < -0.3 is 14.4 Å². The van der Waals surface area contributed by atoms with Gasteiger partial charge in [-0.3, -0.25) is 10.1 Å². The summed E-state index contributed by atoms with van der Waals surface area (Å²) in [4.78, 5) is 20.3. The molecule has 2 aromatic carbocycles. The zero-order valence-electron chi connectivity index (χ0n) is 20.7. The molecule has 1 amide bonds. The fourth-order valence-electron chi connectivity index (χ4n) is 4.58. The zero-order chi connectivity index (χ0) is 25.8. The van der Waals surface area contributed by atoms with Crippen molar-refractivity contribution >= 4 is 38.1 Å². The van der Waals surface area contributed by atoms with Crippen LogP contribution < -0.4 is 15.0 Å². The molecule has 0 spiro atoms. The Morgan fingerprint density at radius 2 is 1.76 bits per heavy atom. The van der Waals surface area contributed by atoms with E-state index in [2.05, 4.69) is 15.2 Å². The summed E-state index contributed by atoms with van der Waals surface area (Å²) in [5, 5.41) is 5.20. The summed E-state index contributed by atoms with van der Waals surface area (Å²) in [5.41, 5.74) is 2.63. The molecule has 3 heterocycles. The van der Waals surface area contributed by atoms with Crippen molar-refractivity contribution in [3.05, 3.63) is 53.4 Å². The van der Waals surface area contributed by atoms with Crippen molar-refractivity contribution in [2.75, 3.05) is 56.7 Å². The van der Waals surface area contributed by atoms with Gasteiger partial charge in [-0.1, -0.05) is 6.42 Å². The van der Waals surface area contributed by atoms with Crippen molar-refractivity contribution < 1.29 is 22.7 Å². The number of hydrogen-bond acceptors (Lipinski definition) is 8. The van der Waals surface area contributed by atoms with Crippen LogP contribution in [-0.2, 0) is 14.8 Å². The number of nitrogens with one attached hydrogen (secondary N) is 1. The Labute approximate surface area is 221 Å². The van der Waals surface area contributed by atoms with Crippen molar-refractivity contribution in [3.63, 3.8) is 0 Å². The van der Waals surface area contributed by atoms with Crippen molar-refractivity contribution in [1.82, 2.24) is 9.29 Å². The standard InChI is InChI=1S/C26H30N4O5S2/c1-34-20-7-5-19(6-8-20)23-18-36-26(27-23)28-25(31)22-17-21(37(32,33)30-11-3-2-4-12-30)9-10-24(22)29-13-15-35-16-14-29/h5-10,17-18H,2-4,11-16H2,1H3,(H,27,28,31). The van der Waals surface area contributed by atoms with Gasteiger partial charge in [0.2, 0.25) is 10.0 Å². The maximum atomic E-state index is 13.5. The predicted octanol–water partition coefficient (Wildman–Crippen LogP) is 4.08. The van der Waals surface area contributed by atoms with Crippen LogP contribution in [0.25, 0.3) is 11.3 Å². The molecule has 3 aromatic rings. The fourth-order valence-corrected chi connectivity index (χ4v) is 6.84. The minimum absolute atomic E-state index is 0.134. The molecule has 37 heavy (non-hydrogen) atoms. The summed E-state index contributed by atoms with van der Waals surface area (Å²) in [6.45, 7) is 3.35. The number of nitrogens with zero attached hydrogens (tertiary/aromatic N) is 3. The number of hydrogen-bond donors (Lipinski definition) is 1. The van der Waals surface area contributed by atoms with Gasteiger partial charge in [-0.25, -0.2) is 13.4 Å². The molecule has 0 unspecified atom stereocenters. The number of carbonyl (C=O) groups excluding carboxylic acids is 1. The van der Waals surface area contributed by atoms with E-state index in [9.17, 15) is 13.2 Å². The smallest absolute Gasteiger partial charge is 0.259 e. The number of aromatic nitrogens is 1. The summed E-state index contributed by atoms with van der Waals surface area (Å²) >= 11 is 1.32. The van der Waals surface area contributed by atoms with E-state index in [0.717, 1.165) is 36.3 Å². The van der Waals surface area contributed by atoms with E-state index in [1.807, 2.05) is 29.6 Å². The molecule has 2 aliphatic rings. The van der Waals surface area contributed by atoms with Crippen LogP contribution in [0.3, 0.4) is 0 Å². The molecule has 2 fully saturated rings. The fraction of sp³-hybridized carbons (Fsp3) is 0.385. The molecule has 0 atom stereocenters. The number of carbonyl (C=O) groups is 1. The van der Waals surface area contributed by atoms with Gasteiger partial charge >= 0.3 is 0 Å². The lowest BCUT2D eigenvalue weighted by Gasteiger charge is -2.31. The molecular formula is C26H30N4O5S2. The second-order valence-corrected chi connectivity index (χ2v) is 11.8. The minimum atomic E-state index is -3.69. The Balaban J connectivity index is 1.43. The maximum Gasteiger partial charge on any atom is 0.259 e. The van der Waals surface area contributed by atoms with Gasteiger partial charge in [-0.2, -0.15) is 4.31 Å². The number of benzene rings is 2. The Bertz CT molecular complexity index is 1350. The van der Waals surface area contributed by atoms with E-state index < -0.39 is 15.9 Å². The first-order valence-corrected chi connectivity index (χ1v) is 14.7. The molecule has 0 saturated carbocycles. The summed E-state index contributed by atoms with van der Waals surface area (Å²) < 4.78 is 38.9. The van der Waals surface area contributed by atoms with Gasteiger partial charge in [-0.15, -0.1) is 11.3 Å². The van der Waals surface area contributed by atoms with E-state index in [4.69, 9.17) is 9.47 Å². The lowest BCUT2D eigenvalue weighted by molar-refractivity contribution is 0.102. The van der Waals surface area contributed by atoms with Crippen LogP contribution in [0.4, 0.5) is 10.8 Å². The van der Waals surface area contributed by atoms with Crippen LogP contribution in [0.5, 0.6) is 5.75 Å². The number of morpholine rings is 1. The first-order valence-electron chi connectivity index (χ1n) is 12.3. The van der Waals surface area contributed by atoms with E-state index in [1.54, 1.807) is 19.2 Å². The summed E-state index contributed by atoms with van der Waals surface area (Å²) in [6.07, 6.45) is 2.72. The summed E-state index contributed by atoms with van der Waals surface area (Å²) in [5.74, 6) is 0.357. The van der Waals surface area contributed by atoms with E-state index in [0.29, 0.717) is 55.8 Å². The van der Waals surface area contributed by atoms with Gasteiger partial charge in [0.25, 0.3) is 5.91 Å². The van der Waals surface area contributed by atoms with Crippen molar-refractivity contribution in [2.45, 2.75) is 24.2 Å². The van der Waals surface area contributed by atoms with Gasteiger partial charge in [0.15, 0.2) is 5.13 Å². The number of methoxy groups -OCH3 is 1. The predicted molar refractivity (Wildman–Crippen MR) is 144 cm³/mol. The monoisotopic (exact) mass is 542 g/mol. The third-order valence-corrected chi connectivity index (χ3v) is 9.28. The molecular weight excluding hydrogens is 512 g/mol. The first kappa shape index (κ1) is 25.7. The second-order valence-electron chi connectivity index (χ2n) is 8.96. The number of ether oxygens (including phenoxy) is 2.